The van der Waals surface area contributed by atoms with Crippen molar-refractivity contribution in [2.24, 2.45) is 18.1 Å². The molecule has 0 aromatic heterocycles. The Hall–Kier alpha value is 4.34. The van der Waals surface area contributed by atoms with Crippen LogP contribution in [-0.4, -0.2) is 0 Å². The van der Waals surface area contributed by atoms with Crippen molar-refractivity contribution in [3.8, 4) is 0 Å². The van der Waals surface area contributed by atoms with Crippen LogP contribution in [-0.2, 0) is 4.57 Å². The zero-order valence-corrected chi connectivity index (χ0v) is 21.4. The molecule has 0 aliphatic rings. The molecule has 0 saturated heterocycles. The standard InChI is InChI=1S/Cl11N4OP5/c1-17(2,3)12-18(4,5)13-19(6,7)14-20(8,9)15-21(10,11)16. The van der Waals surface area contributed by atoms with Gasteiger partial charge in [0.05, 0.1) is 0 Å². The Labute approximate surface area is 173 Å². The van der Waals surface area contributed by atoms with Gasteiger partial charge in [-0.15, -0.1) is 0 Å². The molecule has 0 radical (unpaired) electrons. The molecule has 0 saturated carbocycles. The minimum atomic E-state index is -3.98. The van der Waals surface area contributed by atoms with E-state index in [0.717, 1.165) is 0 Å². The van der Waals surface area contributed by atoms with E-state index >= 15 is 0 Å². The molecule has 0 bridgehead atoms. The van der Waals surface area contributed by atoms with Gasteiger partial charge in [0.15, 0.2) is 0 Å². The Morgan fingerprint density at radius 2 is 0.762 bits per heavy atom. The summed E-state index contributed by atoms with van der Waals surface area (Å²) in [7, 11) is 0. The highest BCUT2D eigenvalue weighted by molar-refractivity contribution is 8.30. The predicted molar refractivity (Wildman–Crippen MR) is 109 cm³/mol. The molecule has 0 spiro atoms. The summed E-state index contributed by atoms with van der Waals surface area (Å²) in [4.78, 5) is 0. The molecule has 0 rings (SSSR count). The molecule has 0 aromatic carbocycles. The molecular formula is Cl11N4OP5. The predicted octanol–water partition coefficient (Wildman–Crippen LogP) is 12.5. The molecule has 0 N–H and O–H groups in total. The van der Waals surface area contributed by atoms with E-state index in [2.05, 4.69) is 18.1 Å². The normalized spacial score (nSPS) is 14.6. The fourth-order valence-corrected chi connectivity index (χ4v) is 26.6. The van der Waals surface area contributed by atoms with Gasteiger partial charge in [0, 0.05) is 0 Å². The lowest BCUT2D eigenvalue weighted by molar-refractivity contribution is 0.594. The molecule has 0 amide bonds. The second-order valence-corrected chi connectivity index (χ2v) is 29.2. The summed E-state index contributed by atoms with van der Waals surface area (Å²) in [6, 6.07) is 0. The zero-order chi connectivity index (χ0) is 17.3. The Bertz CT molecular complexity index is 638. The number of hydrogen-bond acceptors (Lipinski definition) is 1. The Morgan fingerprint density at radius 1 is 0.476 bits per heavy atom. The summed E-state index contributed by atoms with van der Waals surface area (Å²) < 4.78 is 25.0. The monoisotopic (exact) mass is 612 g/mol. The van der Waals surface area contributed by atoms with Crippen molar-refractivity contribution in [2.45, 2.75) is 0 Å². The number of rotatable bonds is 4. The van der Waals surface area contributed by atoms with Crippen LogP contribution in [0, 0.1) is 0 Å². The molecule has 0 aliphatic carbocycles. The minimum absolute atomic E-state index is 3.22. The van der Waals surface area contributed by atoms with Gasteiger partial charge in [-0.3, -0.25) is 4.57 Å². The Kier molecular flexibility index (Phi) is 10.9. The quantitative estimate of drug-likeness (QED) is 0.290. The van der Waals surface area contributed by atoms with Crippen molar-refractivity contribution in [3.63, 3.8) is 0 Å². The number of halogens is 11. The maximum absolute atomic E-state index is 11.1. The maximum atomic E-state index is 11.1. The average Bonchev–Trinajstić information content (AvgIpc) is 1.83. The van der Waals surface area contributed by atoms with E-state index < -0.39 is 28.8 Å². The summed E-state index contributed by atoms with van der Waals surface area (Å²) >= 11 is 61.5. The SMILES string of the molecule is O=P(Cl)(Cl)N=P(Cl)(Cl)N=P(Cl)(Cl)N=P(Cl)(Cl)N=P(Cl)(Cl)Cl. The van der Waals surface area contributed by atoms with Crippen LogP contribution in [0.15, 0.2) is 18.1 Å². The van der Waals surface area contributed by atoms with Gasteiger partial charge in [0.25, 0.3) is 17.7 Å². The van der Waals surface area contributed by atoms with Crippen LogP contribution < -0.4 is 0 Å². The third-order valence-electron chi connectivity index (χ3n) is 0.851. The number of hydrogen-bond donors (Lipinski definition) is 0. The first-order valence-electron chi connectivity index (χ1n) is 3.64. The Morgan fingerprint density at radius 3 is 1.05 bits per heavy atom. The molecule has 0 aromatic rings. The Balaban J connectivity index is 6.10. The fourth-order valence-electron chi connectivity index (χ4n) is 0.560. The molecule has 128 valence electrons. The number of nitrogens with zero attached hydrogens (tertiary/aromatic N) is 4. The first-order valence-corrected chi connectivity index (χ1v) is 22.1. The van der Waals surface area contributed by atoms with Crippen molar-refractivity contribution >= 4 is 152 Å². The van der Waals surface area contributed by atoms with E-state index in [9.17, 15) is 4.57 Å². The van der Waals surface area contributed by atoms with E-state index in [0.29, 0.717) is 0 Å². The summed E-state index contributed by atoms with van der Waals surface area (Å²) in [6.07, 6.45) is 0. The van der Waals surface area contributed by atoms with Crippen molar-refractivity contribution in [2.75, 3.05) is 0 Å². The molecule has 0 heterocycles. The van der Waals surface area contributed by atoms with Gasteiger partial charge in [-0.2, -0.15) is 18.1 Å². The lowest BCUT2D eigenvalue weighted by Crippen LogP contribution is -1.57. The first-order chi connectivity index (χ1) is 8.83. The first kappa shape index (κ1) is 25.3. The van der Waals surface area contributed by atoms with E-state index in [1.807, 2.05) is 0 Å². The van der Waals surface area contributed by atoms with E-state index in [4.69, 9.17) is 124 Å². The highest BCUT2D eigenvalue weighted by atomic mass is 36.0. The van der Waals surface area contributed by atoms with Gasteiger partial charge < -0.3 is 0 Å². The van der Waals surface area contributed by atoms with Gasteiger partial charge in [-0.25, -0.2) is 0 Å². The third kappa shape index (κ3) is 15.1. The second-order valence-electron chi connectivity index (χ2n) is 2.58. The van der Waals surface area contributed by atoms with Gasteiger partial charge in [0.2, 0.25) is 5.11 Å². The second kappa shape index (κ2) is 9.02. The largest absolute Gasteiger partial charge is 0.366 e. The fraction of sp³-hybridized carbons (Fsp3) is 0. The van der Waals surface area contributed by atoms with E-state index in [1.165, 1.54) is 0 Å². The third-order valence-corrected chi connectivity index (χ3v) is 18.0. The molecule has 0 fully saturated rings. The highest BCUT2D eigenvalue weighted by Gasteiger charge is 2.27. The van der Waals surface area contributed by atoms with Crippen LogP contribution in [0.25, 0.3) is 0 Å². The molecule has 0 unspecified atom stereocenters. The van der Waals surface area contributed by atoms with Crippen LogP contribution in [0.4, 0.5) is 0 Å². The van der Waals surface area contributed by atoms with Gasteiger partial charge in [-0.1, -0.05) is 0 Å². The highest BCUT2D eigenvalue weighted by Crippen LogP contribution is 2.85. The summed E-state index contributed by atoms with van der Waals surface area (Å²) in [5.74, 6) is -14.9. The molecule has 0 atom stereocenters. The molecule has 5 nitrogen and oxygen atoms in total. The van der Waals surface area contributed by atoms with Crippen LogP contribution in [0.2, 0.25) is 0 Å². The summed E-state index contributed by atoms with van der Waals surface area (Å²) in [5, 5.41) is -3.28. The van der Waals surface area contributed by atoms with Gasteiger partial charge in [0.1, 0.15) is 0 Å². The molecule has 0 aliphatic heterocycles. The van der Waals surface area contributed by atoms with E-state index in [-0.39, 0.29) is 0 Å². The lowest BCUT2D eigenvalue weighted by Gasteiger charge is -2.11. The topological polar surface area (TPSA) is 66.5 Å². The van der Waals surface area contributed by atoms with Gasteiger partial charge >= 0.3 is 6.00 Å². The van der Waals surface area contributed by atoms with Crippen LogP contribution >= 0.6 is 152 Å². The molecule has 21 heteroatoms. The van der Waals surface area contributed by atoms with Crippen LogP contribution in [0.5, 0.6) is 0 Å². The lowest BCUT2D eigenvalue weighted by atomic mass is 13.9. The van der Waals surface area contributed by atoms with Gasteiger partial charge in [-0.05, 0) is 124 Å². The van der Waals surface area contributed by atoms with Crippen LogP contribution in [0.1, 0.15) is 0 Å². The zero-order valence-electron chi connectivity index (χ0n) is 8.59. The van der Waals surface area contributed by atoms with Crippen molar-refractivity contribution in [1.29, 1.82) is 0 Å². The summed E-state index contributed by atoms with van der Waals surface area (Å²) in [5.41, 5.74) is 0. The smallest absolute Gasteiger partial charge is 0.262 e. The maximum Gasteiger partial charge on any atom is 0.366 e. The molecule has 21 heavy (non-hydrogen) atoms. The molecular weight excluding hydrogens is 617 g/mol. The minimum Gasteiger partial charge on any atom is -0.262 e. The van der Waals surface area contributed by atoms with Crippen molar-refractivity contribution in [1.82, 2.24) is 0 Å². The average molecular weight is 617 g/mol. The van der Waals surface area contributed by atoms with Crippen molar-refractivity contribution < 1.29 is 4.57 Å². The van der Waals surface area contributed by atoms with Crippen molar-refractivity contribution in [3.05, 3.63) is 0 Å². The summed E-state index contributed by atoms with van der Waals surface area (Å²) in [6.45, 7) is 0. The van der Waals surface area contributed by atoms with Crippen LogP contribution in [0.3, 0.4) is 0 Å². The van der Waals surface area contributed by atoms with E-state index in [1.54, 1.807) is 0 Å².